The molecule has 0 radical (unpaired) electrons. The fraction of sp³-hybridized carbons (Fsp3) is 0.241. The maximum absolute atomic E-state index is 5.96. The van der Waals surface area contributed by atoms with Gasteiger partial charge in [0, 0.05) is 19.5 Å². The Balaban J connectivity index is 1.84. The number of hydrogen-bond donors (Lipinski definition) is 0. The normalized spacial score (nSPS) is 11.7. The van der Waals surface area contributed by atoms with Crippen LogP contribution >= 0.6 is 0 Å². The first-order valence-electron chi connectivity index (χ1n) is 10.9. The summed E-state index contributed by atoms with van der Waals surface area (Å²) in [6, 6.07) is 29.7. The SMILES string of the molecule is C#CCCN(C)CCOc1ccc(/C(=C(/CC)c2ccccc2)c2ccccc2)cc1. The van der Waals surface area contributed by atoms with E-state index in [9.17, 15) is 0 Å². The van der Waals surface area contributed by atoms with Crippen LogP contribution in [0, 0.1) is 12.3 Å². The summed E-state index contributed by atoms with van der Waals surface area (Å²) < 4.78 is 5.96. The number of benzene rings is 3. The molecule has 0 unspecified atom stereocenters. The lowest BCUT2D eigenvalue weighted by Gasteiger charge is -2.17. The molecule has 0 spiro atoms. The molecule has 0 heterocycles. The molecule has 0 N–H and O–H groups in total. The Morgan fingerprint density at radius 1 is 0.806 bits per heavy atom. The summed E-state index contributed by atoms with van der Waals surface area (Å²) in [7, 11) is 2.07. The number of hydrogen-bond acceptors (Lipinski definition) is 2. The van der Waals surface area contributed by atoms with Crippen LogP contribution in [0.25, 0.3) is 11.1 Å². The van der Waals surface area contributed by atoms with E-state index in [0.29, 0.717) is 6.61 Å². The molecule has 3 aromatic carbocycles. The number of rotatable bonds is 10. The minimum absolute atomic E-state index is 0.645. The van der Waals surface area contributed by atoms with Crippen molar-refractivity contribution < 1.29 is 4.74 Å². The Bertz CT molecular complexity index is 998. The quantitative estimate of drug-likeness (QED) is 0.284. The minimum Gasteiger partial charge on any atom is -0.492 e. The van der Waals surface area contributed by atoms with Crippen LogP contribution in [0.15, 0.2) is 84.9 Å². The molecule has 0 aliphatic heterocycles. The van der Waals surface area contributed by atoms with Gasteiger partial charge in [0.1, 0.15) is 12.4 Å². The molecule has 31 heavy (non-hydrogen) atoms. The van der Waals surface area contributed by atoms with Crippen LogP contribution in [0.2, 0.25) is 0 Å². The Morgan fingerprint density at radius 3 is 1.97 bits per heavy atom. The van der Waals surface area contributed by atoms with Crippen LogP contribution in [0.1, 0.15) is 36.5 Å². The third-order valence-electron chi connectivity index (χ3n) is 5.36. The average Bonchev–Trinajstić information content (AvgIpc) is 2.83. The van der Waals surface area contributed by atoms with Gasteiger partial charge in [0.15, 0.2) is 0 Å². The second-order valence-electron chi connectivity index (χ2n) is 7.57. The number of allylic oxidation sites excluding steroid dienone is 1. The third kappa shape index (κ3) is 6.35. The van der Waals surface area contributed by atoms with Crippen molar-refractivity contribution in [2.75, 3.05) is 26.7 Å². The molecule has 0 saturated carbocycles. The molecule has 0 aliphatic carbocycles. The predicted molar refractivity (Wildman–Crippen MR) is 132 cm³/mol. The molecular formula is C29H31NO. The van der Waals surface area contributed by atoms with Crippen LogP contribution in [0.3, 0.4) is 0 Å². The second kappa shape index (κ2) is 11.8. The maximum atomic E-state index is 5.96. The van der Waals surface area contributed by atoms with Gasteiger partial charge in [0.05, 0.1) is 0 Å². The first-order chi connectivity index (χ1) is 15.2. The summed E-state index contributed by atoms with van der Waals surface area (Å²) >= 11 is 0. The van der Waals surface area contributed by atoms with Gasteiger partial charge in [-0.25, -0.2) is 0 Å². The average molecular weight is 410 g/mol. The summed E-state index contributed by atoms with van der Waals surface area (Å²) in [4.78, 5) is 2.19. The molecule has 0 aromatic heterocycles. The summed E-state index contributed by atoms with van der Waals surface area (Å²) in [5.41, 5.74) is 6.31. The van der Waals surface area contributed by atoms with Crippen molar-refractivity contribution in [3.63, 3.8) is 0 Å². The van der Waals surface area contributed by atoms with Crippen molar-refractivity contribution in [2.45, 2.75) is 19.8 Å². The fourth-order valence-corrected chi connectivity index (χ4v) is 3.69. The zero-order chi connectivity index (χ0) is 21.9. The van der Waals surface area contributed by atoms with E-state index in [1.807, 2.05) is 0 Å². The highest BCUT2D eigenvalue weighted by molar-refractivity contribution is 5.98. The highest BCUT2D eigenvalue weighted by atomic mass is 16.5. The molecule has 2 heteroatoms. The fourth-order valence-electron chi connectivity index (χ4n) is 3.69. The number of likely N-dealkylation sites (N-methyl/N-ethyl adjacent to an activating group) is 1. The van der Waals surface area contributed by atoms with E-state index in [0.717, 1.165) is 31.7 Å². The van der Waals surface area contributed by atoms with Crippen molar-refractivity contribution >= 4 is 11.1 Å². The number of terminal acetylenes is 1. The third-order valence-corrected chi connectivity index (χ3v) is 5.36. The largest absolute Gasteiger partial charge is 0.492 e. The van der Waals surface area contributed by atoms with Crippen molar-refractivity contribution in [2.24, 2.45) is 0 Å². The highest BCUT2D eigenvalue weighted by Gasteiger charge is 2.13. The summed E-state index contributed by atoms with van der Waals surface area (Å²) in [5.74, 6) is 3.56. The molecule has 158 valence electrons. The molecule has 0 amide bonds. The van der Waals surface area contributed by atoms with Crippen molar-refractivity contribution in [1.29, 1.82) is 0 Å². The van der Waals surface area contributed by atoms with Crippen molar-refractivity contribution in [3.05, 3.63) is 102 Å². The maximum Gasteiger partial charge on any atom is 0.119 e. The van der Waals surface area contributed by atoms with Crippen LogP contribution < -0.4 is 4.74 Å². The molecular weight excluding hydrogens is 378 g/mol. The Hall–Kier alpha value is -3.28. The molecule has 3 aromatic rings. The predicted octanol–water partition coefficient (Wildman–Crippen LogP) is 6.39. The number of nitrogens with zero attached hydrogens (tertiary/aromatic N) is 1. The first-order valence-corrected chi connectivity index (χ1v) is 10.9. The van der Waals surface area contributed by atoms with Crippen molar-refractivity contribution in [3.8, 4) is 18.1 Å². The van der Waals surface area contributed by atoms with E-state index >= 15 is 0 Å². The minimum atomic E-state index is 0.645. The van der Waals surface area contributed by atoms with Crippen LogP contribution in [0.4, 0.5) is 0 Å². The summed E-state index contributed by atoms with van der Waals surface area (Å²) in [6.07, 6.45) is 7.05. The van der Waals surface area contributed by atoms with Gasteiger partial charge in [-0.15, -0.1) is 12.3 Å². The lowest BCUT2D eigenvalue weighted by atomic mass is 9.88. The van der Waals surface area contributed by atoms with E-state index in [2.05, 4.69) is 110 Å². The lowest BCUT2D eigenvalue weighted by Crippen LogP contribution is -2.25. The topological polar surface area (TPSA) is 12.5 Å². The number of ether oxygens (including phenoxy) is 1. The van der Waals surface area contributed by atoms with Gasteiger partial charge in [-0.2, -0.15) is 0 Å². The molecule has 0 fully saturated rings. The Morgan fingerprint density at radius 2 is 1.39 bits per heavy atom. The lowest BCUT2D eigenvalue weighted by molar-refractivity contribution is 0.240. The Labute approximate surface area is 187 Å². The highest BCUT2D eigenvalue weighted by Crippen LogP contribution is 2.34. The molecule has 3 rings (SSSR count). The second-order valence-corrected chi connectivity index (χ2v) is 7.57. The van der Waals surface area contributed by atoms with Crippen LogP contribution in [0.5, 0.6) is 5.75 Å². The van der Waals surface area contributed by atoms with Gasteiger partial charge < -0.3 is 9.64 Å². The van der Waals surface area contributed by atoms with Crippen molar-refractivity contribution in [1.82, 2.24) is 4.90 Å². The van der Waals surface area contributed by atoms with Crippen LogP contribution in [-0.4, -0.2) is 31.6 Å². The van der Waals surface area contributed by atoms with Crippen LogP contribution in [-0.2, 0) is 0 Å². The van der Waals surface area contributed by atoms with E-state index in [1.165, 1.54) is 27.8 Å². The van der Waals surface area contributed by atoms with Gasteiger partial charge in [-0.3, -0.25) is 0 Å². The van der Waals surface area contributed by atoms with E-state index in [1.54, 1.807) is 0 Å². The first kappa shape index (κ1) is 22.4. The zero-order valence-corrected chi connectivity index (χ0v) is 18.6. The van der Waals surface area contributed by atoms with E-state index < -0.39 is 0 Å². The summed E-state index contributed by atoms with van der Waals surface area (Å²) in [6.45, 7) is 4.61. The molecule has 2 nitrogen and oxygen atoms in total. The smallest absolute Gasteiger partial charge is 0.119 e. The van der Waals surface area contributed by atoms with Gasteiger partial charge in [0.2, 0.25) is 0 Å². The van der Waals surface area contributed by atoms with Gasteiger partial charge in [-0.05, 0) is 53.4 Å². The standard InChI is InChI=1S/C29H31NO/c1-4-6-21-30(3)22-23-31-27-19-17-26(18-20-27)29(25-15-11-8-12-16-25)28(5-2)24-13-9-7-10-14-24/h1,7-20H,5-6,21-23H2,2-3H3/b29-28-. The monoisotopic (exact) mass is 409 g/mol. The van der Waals surface area contributed by atoms with Gasteiger partial charge >= 0.3 is 0 Å². The van der Waals surface area contributed by atoms with Gasteiger partial charge in [0.25, 0.3) is 0 Å². The molecule has 0 aliphatic rings. The zero-order valence-electron chi connectivity index (χ0n) is 18.6. The van der Waals surface area contributed by atoms with E-state index in [4.69, 9.17) is 11.2 Å². The molecule has 0 bridgehead atoms. The van der Waals surface area contributed by atoms with E-state index in [-0.39, 0.29) is 0 Å². The molecule has 0 atom stereocenters. The Kier molecular flexibility index (Phi) is 8.52. The molecule has 0 saturated heterocycles. The summed E-state index contributed by atoms with van der Waals surface area (Å²) in [5, 5.41) is 0. The van der Waals surface area contributed by atoms with Gasteiger partial charge in [-0.1, -0.05) is 79.7 Å².